The van der Waals surface area contributed by atoms with E-state index >= 15 is 0 Å². The first-order valence-corrected chi connectivity index (χ1v) is 9.79. The predicted octanol–water partition coefficient (Wildman–Crippen LogP) is 3.25. The molecule has 4 aliphatic carbocycles. The van der Waals surface area contributed by atoms with E-state index in [1.54, 1.807) is 23.1 Å². The Kier molecular flexibility index (Phi) is 3.66. The fraction of sp³-hybridized carbons (Fsp3) is 0.867. The van der Waals surface area contributed by atoms with Crippen LogP contribution in [0.2, 0.25) is 0 Å². The maximum Gasteiger partial charge on any atom is 0.206 e. The highest BCUT2D eigenvalue weighted by molar-refractivity contribution is 8.01. The van der Waals surface area contributed by atoms with Crippen molar-refractivity contribution < 1.29 is 5.11 Å². The largest absolute Gasteiger partial charge is 0.392 e. The Bertz CT molecular complexity index is 483. The second-order valence-corrected chi connectivity index (χ2v) is 9.47. The van der Waals surface area contributed by atoms with Crippen LogP contribution in [0.1, 0.15) is 38.5 Å². The fourth-order valence-electron chi connectivity index (χ4n) is 5.28. The molecule has 1 heterocycles. The molecule has 1 unspecified atom stereocenters. The number of anilines is 1. The normalized spacial score (nSPS) is 38.7. The molecule has 4 saturated carbocycles. The van der Waals surface area contributed by atoms with E-state index in [0.717, 1.165) is 33.0 Å². The van der Waals surface area contributed by atoms with Gasteiger partial charge in [0.1, 0.15) is 0 Å². The molecule has 0 radical (unpaired) electrons. The summed E-state index contributed by atoms with van der Waals surface area (Å²) in [6.45, 7) is 0. The number of nitrogens with zero attached hydrogens (tertiary/aromatic N) is 2. The lowest BCUT2D eigenvalue weighted by Gasteiger charge is -2.58. The summed E-state index contributed by atoms with van der Waals surface area (Å²) in [5.41, 5.74) is 0.221. The Morgan fingerprint density at radius 1 is 1.24 bits per heavy atom. The topological polar surface area (TPSA) is 58.0 Å². The van der Waals surface area contributed by atoms with Gasteiger partial charge in [0.15, 0.2) is 4.34 Å². The average molecular weight is 326 g/mol. The third kappa shape index (κ3) is 2.59. The molecule has 21 heavy (non-hydrogen) atoms. The van der Waals surface area contributed by atoms with E-state index < -0.39 is 0 Å². The molecule has 116 valence electrons. The van der Waals surface area contributed by atoms with Crippen molar-refractivity contribution in [2.24, 2.45) is 23.2 Å². The van der Waals surface area contributed by atoms with E-state index in [2.05, 4.69) is 15.5 Å². The van der Waals surface area contributed by atoms with Crippen LogP contribution in [0.25, 0.3) is 0 Å². The van der Waals surface area contributed by atoms with Crippen LogP contribution in [0.15, 0.2) is 4.34 Å². The maximum atomic E-state index is 10.9. The first kappa shape index (κ1) is 14.3. The minimum atomic E-state index is -0.183. The van der Waals surface area contributed by atoms with E-state index in [1.165, 1.54) is 38.5 Å². The minimum Gasteiger partial charge on any atom is -0.392 e. The van der Waals surface area contributed by atoms with E-state index in [1.807, 2.05) is 7.05 Å². The second kappa shape index (κ2) is 5.39. The molecule has 4 nitrogen and oxygen atoms in total. The van der Waals surface area contributed by atoms with Crippen LogP contribution in [0.4, 0.5) is 5.13 Å². The van der Waals surface area contributed by atoms with Crippen molar-refractivity contribution in [3.63, 3.8) is 0 Å². The zero-order chi connectivity index (χ0) is 14.4. The lowest BCUT2D eigenvalue weighted by atomic mass is 9.48. The molecule has 4 fully saturated rings. The number of hydrogen-bond acceptors (Lipinski definition) is 6. The SMILES string of the molecule is CNc1nnc(SCC(O)C23CC4CC(CC(C4)C2)C3)s1. The van der Waals surface area contributed by atoms with Gasteiger partial charge >= 0.3 is 0 Å². The van der Waals surface area contributed by atoms with Crippen molar-refractivity contribution in [2.45, 2.75) is 49.0 Å². The van der Waals surface area contributed by atoms with Gasteiger partial charge in [-0.1, -0.05) is 23.1 Å². The summed E-state index contributed by atoms with van der Waals surface area (Å²) in [6.07, 6.45) is 7.90. The first-order chi connectivity index (χ1) is 10.2. The van der Waals surface area contributed by atoms with Gasteiger partial charge in [-0.3, -0.25) is 0 Å². The van der Waals surface area contributed by atoms with Crippen molar-refractivity contribution in [2.75, 3.05) is 18.1 Å². The van der Waals surface area contributed by atoms with Gasteiger partial charge in [-0.25, -0.2) is 0 Å². The van der Waals surface area contributed by atoms with Crippen LogP contribution in [-0.4, -0.2) is 34.2 Å². The number of rotatable bonds is 5. The van der Waals surface area contributed by atoms with Crippen molar-refractivity contribution in [1.82, 2.24) is 10.2 Å². The van der Waals surface area contributed by atoms with E-state index in [9.17, 15) is 5.11 Å². The number of hydrogen-bond donors (Lipinski definition) is 2. The van der Waals surface area contributed by atoms with Crippen molar-refractivity contribution in [3.05, 3.63) is 0 Å². The molecular formula is C15H23N3OS2. The highest BCUT2D eigenvalue weighted by atomic mass is 32.2. The molecule has 1 atom stereocenters. The van der Waals surface area contributed by atoms with Crippen LogP contribution in [0, 0.1) is 23.2 Å². The lowest BCUT2D eigenvalue weighted by Crippen LogP contribution is -2.52. The number of aliphatic hydroxyl groups excluding tert-OH is 1. The maximum absolute atomic E-state index is 10.9. The summed E-state index contributed by atoms with van der Waals surface area (Å²) >= 11 is 3.24. The molecule has 2 N–H and O–H groups in total. The fourth-order valence-corrected chi connectivity index (χ4v) is 7.14. The zero-order valence-electron chi connectivity index (χ0n) is 12.4. The molecule has 1 aromatic rings. The van der Waals surface area contributed by atoms with Gasteiger partial charge in [0, 0.05) is 12.8 Å². The number of nitrogens with one attached hydrogen (secondary N) is 1. The summed E-state index contributed by atoms with van der Waals surface area (Å²) in [4.78, 5) is 0. The zero-order valence-corrected chi connectivity index (χ0v) is 14.1. The number of thioether (sulfide) groups is 1. The van der Waals surface area contributed by atoms with Gasteiger partial charge in [-0.05, 0) is 61.7 Å². The lowest BCUT2D eigenvalue weighted by molar-refractivity contribution is -0.112. The van der Waals surface area contributed by atoms with Crippen molar-refractivity contribution in [3.8, 4) is 0 Å². The Morgan fingerprint density at radius 2 is 1.86 bits per heavy atom. The molecule has 1 aromatic heterocycles. The molecule has 0 spiro atoms. The van der Waals surface area contributed by atoms with E-state index in [-0.39, 0.29) is 11.5 Å². The van der Waals surface area contributed by atoms with Crippen LogP contribution < -0.4 is 5.32 Å². The highest BCUT2D eigenvalue weighted by Gasteiger charge is 2.53. The first-order valence-electron chi connectivity index (χ1n) is 7.99. The van der Waals surface area contributed by atoms with Gasteiger partial charge in [0.05, 0.1) is 6.10 Å². The van der Waals surface area contributed by atoms with Crippen LogP contribution in [-0.2, 0) is 0 Å². The van der Waals surface area contributed by atoms with Gasteiger partial charge in [-0.2, -0.15) is 0 Å². The number of aromatic nitrogens is 2. The third-order valence-corrected chi connectivity index (χ3v) is 7.93. The van der Waals surface area contributed by atoms with Gasteiger partial charge in [0.25, 0.3) is 0 Å². The molecule has 0 amide bonds. The summed E-state index contributed by atoms with van der Waals surface area (Å²) in [5.74, 6) is 3.46. The third-order valence-electron chi connectivity index (χ3n) is 5.78. The second-order valence-electron chi connectivity index (χ2n) is 7.23. The minimum absolute atomic E-state index is 0.183. The predicted molar refractivity (Wildman–Crippen MR) is 86.8 cm³/mol. The molecule has 0 aromatic carbocycles. The Labute approximate surface area is 134 Å². The number of aliphatic hydroxyl groups is 1. The average Bonchev–Trinajstić information content (AvgIpc) is 2.91. The van der Waals surface area contributed by atoms with Gasteiger partial charge in [-0.15, -0.1) is 10.2 Å². The standard InChI is InChI=1S/C15H23N3OS2/c1-16-13-17-18-14(21-13)20-8-12(19)15-5-9-2-10(6-15)4-11(3-9)7-15/h9-12,19H,2-8H2,1H3,(H,16,17). The summed E-state index contributed by atoms with van der Waals surface area (Å²) in [5, 5.41) is 22.9. The smallest absolute Gasteiger partial charge is 0.206 e. The molecule has 4 bridgehead atoms. The quantitative estimate of drug-likeness (QED) is 0.814. The molecule has 4 aliphatic rings. The van der Waals surface area contributed by atoms with Crippen LogP contribution in [0.3, 0.4) is 0 Å². The molecular weight excluding hydrogens is 302 g/mol. The van der Waals surface area contributed by atoms with Gasteiger partial charge in [0.2, 0.25) is 5.13 Å². The van der Waals surface area contributed by atoms with E-state index in [0.29, 0.717) is 0 Å². The summed E-state index contributed by atoms with van der Waals surface area (Å²) in [6, 6.07) is 0. The Hall–Kier alpha value is -0.330. The summed E-state index contributed by atoms with van der Waals surface area (Å²) < 4.78 is 0.961. The van der Waals surface area contributed by atoms with Crippen molar-refractivity contribution in [1.29, 1.82) is 0 Å². The van der Waals surface area contributed by atoms with Crippen LogP contribution >= 0.6 is 23.1 Å². The molecule has 0 saturated heterocycles. The molecule has 5 rings (SSSR count). The monoisotopic (exact) mass is 325 g/mol. The van der Waals surface area contributed by atoms with E-state index in [4.69, 9.17) is 0 Å². The Balaban J connectivity index is 1.41. The van der Waals surface area contributed by atoms with Crippen LogP contribution in [0.5, 0.6) is 0 Å². The van der Waals surface area contributed by atoms with Gasteiger partial charge < -0.3 is 10.4 Å². The molecule has 6 heteroatoms. The summed E-state index contributed by atoms with van der Waals surface area (Å²) in [7, 11) is 1.86. The Morgan fingerprint density at radius 3 is 2.38 bits per heavy atom. The molecule has 0 aliphatic heterocycles. The highest BCUT2D eigenvalue weighted by Crippen LogP contribution is 2.61. The van der Waals surface area contributed by atoms with Crippen molar-refractivity contribution >= 4 is 28.2 Å².